The summed E-state index contributed by atoms with van der Waals surface area (Å²) in [4.78, 5) is 0. The Kier molecular flexibility index (Phi) is 2.81. The molecule has 0 bridgehead atoms. The summed E-state index contributed by atoms with van der Waals surface area (Å²) in [7, 11) is 0. The molecule has 0 spiro atoms. The van der Waals surface area contributed by atoms with Crippen molar-refractivity contribution in [3.8, 4) is 0 Å². The first kappa shape index (κ1) is 8.55. The molecular formula is C13H16. The molecule has 68 valence electrons. The van der Waals surface area contributed by atoms with E-state index in [2.05, 4.69) is 42.5 Å². The molecule has 0 heteroatoms. The van der Waals surface area contributed by atoms with Gasteiger partial charge in [-0.2, -0.15) is 0 Å². The summed E-state index contributed by atoms with van der Waals surface area (Å²) in [5.74, 6) is 0.788. The van der Waals surface area contributed by atoms with Gasteiger partial charge in [0.25, 0.3) is 0 Å². The van der Waals surface area contributed by atoms with Crippen LogP contribution in [0.5, 0.6) is 0 Å². The average molecular weight is 172 g/mol. The normalized spacial score (nSPS) is 21.7. The van der Waals surface area contributed by atoms with Crippen LogP contribution >= 0.6 is 0 Å². The molecule has 2 rings (SSSR count). The first-order chi connectivity index (χ1) is 6.45. The zero-order valence-electron chi connectivity index (χ0n) is 7.95. The molecule has 0 aliphatic heterocycles. The summed E-state index contributed by atoms with van der Waals surface area (Å²) in [6.45, 7) is 0. The van der Waals surface area contributed by atoms with Crippen molar-refractivity contribution in [3.05, 3.63) is 48.0 Å². The second kappa shape index (κ2) is 4.27. The fourth-order valence-corrected chi connectivity index (χ4v) is 1.97. The Morgan fingerprint density at radius 2 is 2.00 bits per heavy atom. The van der Waals surface area contributed by atoms with Crippen molar-refractivity contribution in [3.63, 3.8) is 0 Å². The van der Waals surface area contributed by atoms with E-state index in [-0.39, 0.29) is 0 Å². The Labute approximate surface area is 80.3 Å². The molecule has 0 saturated heterocycles. The quantitative estimate of drug-likeness (QED) is 0.598. The van der Waals surface area contributed by atoms with Crippen LogP contribution in [0.2, 0.25) is 0 Å². The highest BCUT2D eigenvalue weighted by atomic mass is 14.1. The lowest BCUT2D eigenvalue weighted by molar-refractivity contribution is 0.539. The fraction of sp³-hybridized carbons (Fsp3) is 0.385. The van der Waals surface area contributed by atoms with E-state index in [0.717, 1.165) is 5.92 Å². The van der Waals surface area contributed by atoms with E-state index in [1.165, 1.54) is 31.2 Å². The molecule has 1 aromatic carbocycles. The summed E-state index contributed by atoms with van der Waals surface area (Å²) in [5.41, 5.74) is 1.47. The Bertz CT molecular complexity index is 271. The maximum Gasteiger partial charge on any atom is -0.0193 e. The molecule has 1 atom stereocenters. The van der Waals surface area contributed by atoms with Gasteiger partial charge in [0.2, 0.25) is 0 Å². The summed E-state index contributed by atoms with van der Waals surface area (Å²) >= 11 is 0. The first-order valence-electron chi connectivity index (χ1n) is 5.16. The van der Waals surface area contributed by atoms with Gasteiger partial charge in [-0.25, -0.2) is 0 Å². The monoisotopic (exact) mass is 172 g/mol. The standard InChI is InChI=1S/C13H16/c1-3-7-12(8-4-1)11-13-9-5-2-6-10-13/h1,3-5,7-9,13H,2,6,10-11H2/t13-/m0/s1. The third-order valence-corrected chi connectivity index (χ3v) is 2.69. The summed E-state index contributed by atoms with van der Waals surface area (Å²) in [6.07, 6.45) is 9.95. The van der Waals surface area contributed by atoms with Crippen LogP contribution in [0.4, 0.5) is 0 Å². The summed E-state index contributed by atoms with van der Waals surface area (Å²) in [6, 6.07) is 10.8. The topological polar surface area (TPSA) is 0 Å². The van der Waals surface area contributed by atoms with Crippen LogP contribution in [0.3, 0.4) is 0 Å². The van der Waals surface area contributed by atoms with Crippen molar-refractivity contribution < 1.29 is 0 Å². The van der Waals surface area contributed by atoms with Crippen molar-refractivity contribution >= 4 is 0 Å². The zero-order valence-corrected chi connectivity index (χ0v) is 7.95. The van der Waals surface area contributed by atoms with Gasteiger partial charge in [0.05, 0.1) is 0 Å². The van der Waals surface area contributed by atoms with Crippen LogP contribution in [0, 0.1) is 5.92 Å². The number of hydrogen-bond donors (Lipinski definition) is 0. The minimum atomic E-state index is 0.788. The molecule has 0 nitrogen and oxygen atoms in total. The van der Waals surface area contributed by atoms with Crippen LogP contribution in [-0.2, 0) is 6.42 Å². The molecule has 0 N–H and O–H groups in total. The maximum absolute atomic E-state index is 2.39. The SMILES string of the molecule is C1=C[C@H](Cc2ccccc2)CCC1. The van der Waals surface area contributed by atoms with Crippen LogP contribution in [0.1, 0.15) is 24.8 Å². The third kappa shape index (κ3) is 2.45. The maximum atomic E-state index is 2.39. The van der Waals surface area contributed by atoms with E-state index in [4.69, 9.17) is 0 Å². The van der Waals surface area contributed by atoms with Gasteiger partial charge in [0, 0.05) is 0 Å². The minimum Gasteiger partial charge on any atom is -0.0882 e. The highest BCUT2D eigenvalue weighted by Crippen LogP contribution is 2.20. The van der Waals surface area contributed by atoms with E-state index in [1.54, 1.807) is 0 Å². The predicted octanol–water partition coefficient (Wildman–Crippen LogP) is 3.59. The molecule has 0 saturated carbocycles. The lowest BCUT2D eigenvalue weighted by atomic mass is 9.90. The summed E-state index contributed by atoms with van der Waals surface area (Å²) < 4.78 is 0. The minimum absolute atomic E-state index is 0.788. The molecule has 0 aromatic heterocycles. The Morgan fingerprint density at radius 1 is 1.15 bits per heavy atom. The first-order valence-corrected chi connectivity index (χ1v) is 5.16. The average Bonchev–Trinajstić information content (AvgIpc) is 2.21. The fourth-order valence-electron chi connectivity index (χ4n) is 1.97. The van der Waals surface area contributed by atoms with E-state index < -0.39 is 0 Å². The van der Waals surface area contributed by atoms with E-state index >= 15 is 0 Å². The largest absolute Gasteiger partial charge is 0.0882 e. The van der Waals surface area contributed by atoms with Gasteiger partial charge < -0.3 is 0 Å². The van der Waals surface area contributed by atoms with Gasteiger partial charge in [-0.05, 0) is 37.2 Å². The van der Waals surface area contributed by atoms with Gasteiger partial charge in [0.15, 0.2) is 0 Å². The van der Waals surface area contributed by atoms with Crippen LogP contribution in [0.15, 0.2) is 42.5 Å². The van der Waals surface area contributed by atoms with E-state index in [9.17, 15) is 0 Å². The Balaban J connectivity index is 1.98. The van der Waals surface area contributed by atoms with E-state index in [1.807, 2.05) is 0 Å². The van der Waals surface area contributed by atoms with Crippen LogP contribution in [-0.4, -0.2) is 0 Å². The summed E-state index contributed by atoms with van der Waals surface area (Å²) in [5, 5.41) is 0. The van der Waals surface area contributed by atoms with Crippen molar-refractivity contribution in [2.45, 2.75) is 25.7 Å². The Hall–Kier alpha value is -1.04. The molecule has 0 amide bonds. The van der Waals surface area contributed by atoms with E-state index in [0.29, 0.717) is 0 Å². The van der Waals surface area contributed by atoms with Gasteiger partial charge >= 0.3 is 0 Å². The van der Waals surface area contributed by atoms with Crippen molar-refractivity contribution in [1.29, 1.82) is 0 Å². The van der Waals surface area contributed by atoms with Crippen molar-refractivity contribution in [1.82, 2.24) is 0 Å². The highest BCUT2D eigenvalue weighted by molar-refractivity contribution is 5.16. The lowest BCUT2D eigenvalue weighted by Crippen LogP contribution is -2.04. The molecule has 1 aromatic rings. The second-order valence-electron chi connectivity index (χ2n) is 3.81. The van der Waals surface area contributed by atoms with Gasteiger partial charge in [-0.3, -0.25) is 0 Å². The second-order valence-corrected chi connectivity index (χ2v) is 3.81. The van der Waals surface area contributed by atoms with Crippen molar-refractivity contribution in [2.24, 2.45) is 5.92 Å². The number of allylic oxidation sites excluding steroid dienone is 2. The van der Waals surface area contributed by atoms with Crippen LogP contribution in [0.25, 0.3) is 0 Å². The van der Waals surface area contributed by atoms with Gasteiger partial charge in [-0.1, -0.05) is 42.5 Å². The molecule has 1 aliphatic rings. The molecular weight excluding hydrogens is 156 g/mol. The predicted molar refractivity (Wildman–Crippen MR) is 56.6 cm³/mol. The lowest BCUT2D eigenvalue weighted by Gasteiger charge is -2.15. The number of hydrogen-bond acceptors (Lipinski definition) is 0. The smallest absolute Gasteiger partial charge is 0.0193 e. The highest BCUT2D eigenvalue weighted by Gasteiger charge is 2.08. The molecule has 0 fully saturated rings. The van der Waals surface area contributed by atoms with Crippen molar-refractivity contribution in [2.75, 3.05) is 0 Å². The molecule has 0 unspecified atom stereocenters. The van der Waals surface area contributed by atoms with Crippen LogP contribution < -0.4 is 0 Å². The molecule has 0 radical (unpaired) electrons. The molecule has 0 heterocycles. The Morgan fingerprint density at radius 3 is 2.69 bits per heavy atom. The third-order valence-electron chi connectivity index (χ3n) is 2.69. The zero-order chi connectivity index (χ0) is 8.93. The molecule has 13 heavy (non-hydrogen) atoms. The van der Waals surface area contributed by atoms with Gasteiger partial charge in [-0.15, -0.1) is 0 Å². The number of benzene rings is 1. The molecule has 1 aliphatic carbocycles. The van der Waals surface area contributed by atoms with Gasteiger partial charge in [0.1, 0.15) is 0 Å². The number of rotatable bonds is 2.